The molecule has 2 N–H and O–H groups in total. The van der Waals surface area contributed by atoms with Crippen molar-refractivity contribution in [3.63, 3.8) is 0 Å². The number of nitrogens with one attached hydrogen (secondary N) is 2. The van der Waals surface area contributed by atoms with Crippen molar-refractivity contribution < 1.29 is 22.7 Å². The fourth-order valence-electron chi connectivity index (χ4n) is 3.02. The van der Waals surface area contributed by atoms with Crippen molar-refractivity contribution in [2.75, 3.05) is 32.8 Å². The van der Waals surface area contributed by atoms with Crippen molar-refractivity contribution in [1.82, 2.24) is 19.9 Å². The van der Waals surface area contributed by atoms with Gasteiger partial charge < -0.3 is 15.4 Å². The van der Waals surface area contributed by atoms with E-state index in [1.54, 1.807) is 30.3 Å². The molecule has 166 valence electrons. The topological polar surface area (TPSA) is 118 Å². The molecule has 2 aromatic rings. The number of ether oxygens (including phenoxy) is 1. The Labute approximate surface area is 185 Å². The first-order chi connectivity index (χ1) is 14.8. The second kappa shape index (κ2) is 10.7. The zero-order valence-electron chi connectivity index (χ0n) is 16.7. The van der Waals surface area contributed by atoms with Crippen LogP contribution in [0.1, 0.15) is 21.6 Å². The van der Waals surface area contributed by atoms with Gasteiger partial charge in [-0.05, 0) is 23.3 Å². The number of benzene rings is 1. The summed E-state index contributed by atoms with van der Waals surface area (Å²) in [6.45, 7) is 1.33. The summed E-state index contributed by atoms with van der Waals surface area (Å²) in [4.78, 5) is 28.1. The molecular weight excluding hydrogens is 444 g/mol. The number of carbonyl (C=O) groups is 2. The maximum atomic E-state index is 12.7. The van der Waals surface area contributed by atoms with Crippen LogP contribution in [-0.2, 0) is 31.9 Å². The van der Waals surface area contributed by atoms with E-state index < -0.39 is 21.8 Å². The van der Waals surface area contributed by atoms with Gasteiger partial charge in [-0.1, -0.05) is 35.9 Å². The van der Waals surface area contributed by atoms with Gasteiger partial charge in [-0.3, -0.25) is 14.6 Å². The number of morpholine rings is 1. The predicted molar refractivity (Wildman–Crippen MR) is 115 cm³/mol. The molecule has 0 atom stereocenters. The van der Waals surface area contributed by atoms with Crippen LogP contribution in [0.2, 0.25) is 5.02 Å². The molecule has 0 bridgehead atoms. The largest absolute Gasteiger partial charge is 0.379 e. The van der Waals surface area contributed by atoms with Crippen LogP contribution in [-0.4, -0.2) is 62.4 Å². The minimum atomic E-state index is -3.49. The number of carbonyl (C=O) groups excluding carboxylic acids is 2. The minimum absolute atomic E-state index is 0.110. The number of rotatable bonds is 8. The second-order valence-electron chi connectivity index (χ2n) is 6.86. The lowest BCUT2D eigenvalue weighted by Crippen LogP contribution is -2.41. The van der Waals surface area contributed by atoms with Crippen molar-refractivity contribution in [1.29, 1.82) is 0 Å². The molecule has 1 aliphatic rings. The van der Waals surface area contributed by atoms with E-state index in [2.05, 4.69) is 15.6 Å². The standard InChI is InChI=1S/C20H23ClN4O5S/c21-17-5-6-22-18(11-17)20(27)24-13-19(26)23-12-15-3-1-2-4-16(15)14-31(28,29)25-7-9-30-10-8-25/h1-6,11H,7-10,12-14H2,(H,23,26)(H,24,27). The van der Waals surface area contributed by atoms with E-state index in [9.17, 15) is 18.0 Å². The van der Waals surface area contributed by atoms with Gasteiger partial charge in [0.05, 0.1) is 25.5 Å². The summed E-state index contributed by atoms with van der Waals surface area (Å²) in [5.41, 5.74) is 1.41. The number of hydrogen-bond donors (Lipinski definition) is 2. The van der Waals surface area contributed by atoms with Crippen molar-refractivity contribution in [3.8, 4) is 0 Å². The predicted octanol–water partition coefficient (Wildman–Crippen LogP) is 0.943. The van der Waals surface area contributed by atoms with Crippen LogP contribution in [0.15, 0.2) is 42.6 Å². The monoisotopic (exact) mass is 466 g/mol. The van der Waals surface area contributed by atoms with Crippen molar-refractivity contribution >= 4 is 33.4 Å². The highest BCUT2D eigenvalue weighted by Gasteiger charge is 2.25. The molecule has 31 heavy (non-hydrogen) atoms. The molecule has 0 spiro atoms. The summed E-state index contributed by atoms with van der Waals surface area (Å²) in [6.07, 6.45) is 1.40. The number of halogens is 1. The highest BCUT2D eigenvalue weighted by atomic mass is 35.5. The average Bonchev–Trinajstić information content (AvgIpc) is 2.77. The van der Waals surface area contributed by atoms with Crippen LogP contribution in [0.5, 0.6) is 0 Å². The van der Waals surface area contributed by atoms with E-state index in [0.29, 0.717) is 42.5 Å². The number of pyridine rings is 1. The molecule has 2 amide bonds. The van der Waals surface area contributed by atoms with Crippen LogP contribution in [0.25, 0.3) is 0 Å². The molecule has 1 aliphatic heterocycles. The summed E-state index contributed by atoms with van der Waals surface area (Å²) in [5.74, 6) is -1.09. The molecule has 9 nitrogen and oxygen atoms in total. The van der Waals surface area contributed by atoms with Crippen LogP contribution in [0.3, 0.4) is 0 Å². The van der Waals surface area contributed by atoms with Gasteiger partial charge in [0.15, 0.2) is 0 Å². The van der Waals surface area contributed by atoms with Gasteiger partial charge in [-0.15, -0.1) is 0 Å². The second-order valence-corrected chi connectivity index (χ2v) is 9.26. The van der Waals surface area contributed by atoms with E-state index in [-0.39, 0.29) is 24.5 Å². The lowest BCUT2D eigenvalue weighted by atomic mass is 10.1. The van der Waals surface area contributed by atoms with E-state index in [1.807, 2.05) is 0 Å². The summed E-state index contributed by atoms with van der Waals surface area (Å²) in [5, 5.41) is 5.53. The Morgan fingerprint density at radius 2 is 1.81 bits per heavy atom. The highest BCUT2D eigenvalue weighted by Crippen LogP contribution is 2.16. The highest BCUT2D eigenvalue weighted by molar-refractivity contribution is 7.88. The molecule has 0 unspecified atom stereocenters. The summed E-state index contributed by atoms with van der Waals surface area (Å²) < 4.78 is 32.0. The molecule has 0 aliphatic carbocycles. The fraction of sp³-hybridized carbons (Fsp3) is 0.350. The van der Waals surface area contributed by atoms with Crippen molar-refractivity contribution in [2.45, 2.75) is 12.3 Å². The molecular formula is C20H23ClN4O5S. The quantitative estimate of drug-likeness (QED) is 0.598. The van der Waals surface area contributed by atoms with Gasteiger partial charge in [0.2, 0.25) is 15.9 Å². The third-order valence-corrected chi connectivity index (χ3v) is 6.72. The van der Waals surface area contributed by atoms with E-state index >= 15 is 0 Å². The Morgan fingerprint density at radius 1 is 1.10 bits per heavy atom. The molecule has 2 heterocycles. The van der Waals surface area contributed by atoms with E-state index in [4.69, 9.17) is 16.3 Å². The first kappa shape index (κ1) is 23.1. The number of hydrogen-bond acceptors (Lipinski definition) is 6. The van der Waals surface area contributed by atoms with Crippen molar-refractivity contribution in [2.24, 2.45) is 0 Å². The Balaban J connectivity index is 1.54. The van der Waals surface area contributed by atoms with Crippen molar-refractivity contribution in [3.05, 3.63) is 64.4 Å². The van der Waals surface area contributed by atoms with Gasteiger partial charge in [-0.25, -0.2) is 8.42 Å². The van der Waals surface area contributed by atoms with Crippen LogP contribution in [0, 0.1) is 0 Å². The summed E-state index contributed by atoms with van der Waals surface area (Å²) >= 11 is 5.83. The molecule has 1 saturated heterocycles. The van der Waals surface area contributed by atoms with Gasteiger partial charge in [-0.2, -0.15) is 4.31 Å². The normalized spacial score (nSPS) is 14.7. The van der Waals surface area contributed by atoms with E-state index in [1.165, 1.54) is 16.6 Å². The van der Waals surface area contributed by atoms with Gasteiger partial charge >= 0.3 is 0 Å². The number of aromatic nitrogens is 1. The van der Waals surface area contributed by atoms with Crippen LogP contribution in [0.4, 0.5) is 0 Å². The molecule has 0 saturated carbocycles. The summed E-state index contributed by atoms with van der Waals surface area (Å²) in [7, 11) is -3.49. The molecule has 1 aromatic carbocycles. The first-order valence-electron chi connectivity index (χ1n) is 9.64. The van der Waals surface area contributed by atoms with Crippen LogP contribution < -0.4 is 10.6 Å². The number of amides is 2. The molecule has 0 radical (unpaired) electrons. The number of sulfonamides is 1. The first-order valence-corrected chi connectivity index (χ1v) is 11.6. The molecule has 1 fully saturated rings. The van der Waals surface area contributed by atoms with Gasteiger partial charge in [0.25, 0.3) is 5.91 Å². The average molecular weight is 467 g/mol. The smallest absolute Gasteiger partial charge is 0.270 e. The zero-order chi connectivity index (χ0) is 22.3. The number of nitrogens with zero attached hydrogens (tertiary/aromatic N) is 2. The fourth-order valence-corrected chi connectivity index (χ4v) is 4.74. The van der Waals surface area contributed by atoms with Gasteiger partial charge in [0.1, 0.15) is 5.69 Å². The Kier molecular flexibility index (Phi) is 7.97. The minimum Gasteiger partial charge on any atom is -0.379 e. The summed E-state index contributed by atoms with van der Waals surface area (Å²) in [6, 6.07) is 9.97. The van der Waals surface area contributed by atoms with Gasteiger partial charge in [0, 0.05) is 30.9 Å². The Morgan fingerprint density at radius 3 is 2.52 bits per heavy atom. The molecule has 11 heteroatoms. The lowest BCUT2D eigenvalue weighted by molar-refractivity contribution is -0.120. The third-order valence-electron chi connectivity index (χ3n) is 4.66. The molecule has 3 rings (SSSR count). The maximum absolute atomic E-state index is 12.7. The Hall–Kier alpha value is -2.53. The SMILES string of the molecule is O=C(CNC(=O)c1cc(Cl)ccn1)NCc1ccccc1CS(=O)(=O)N1CCOCC1. The maximum Gasteiger partial charge on any atom is 0.270 e. The lowest BCUT2D eigenvalue weighted by Gasteiger charge is -2.26. The molecule has 1 aromatic heterocycles. The van der Waals surface area contributed by atoms with E-state index in [0.717, 1.165) is 0 Å². The Bertz CT molecular complexity index is 1040. The third kappa shape index (κ3) is 6.73. The zero-order valence-corrected chi connectivity index (χ0v) is 18.3. The van der Waals surface area contributed by atoms with Crippen LogP contribution >= 0.6 is 11.6 Å².